The van der Waals surface area contributed by atoms with Gasteiger partial charge in [0.05, 0.1) is 18.8 Å². The Morgan fingerprint density at radius 2 is 1.66 bits per heavy atom. The Balaban J connectivity index is 1.44. The van der Waals surface area contributed by atoms with Crippen LogP contribution < -0.4 is 0 Å². The summed E-state index contributed by atoms with van der Waals surface area (Å²) < 4.78 is 70.1. The number of hydrogen-bond donors (Lipinski definition) is 0. The van der Waals surface area contributed by atoms with Crippen molar-refractivity contribution in [2.75, 3.05) is 19.8 Å². The molecule has 3 aromatic rings. The lowest BCUT2D eigenvalue weighted by atomic mass is 9.98. The second-order valence-electron chi connectivity index (χ2n) is 7.79. The van der Waals surface area contributed by atoms with Crippen molar-refractivity contribution in [1.82, 2.24) is 0 Å². The molecule has 1 aliphatic heterocycles. The van der Waals surface area contributed by atoms with Gasteiger partial charge in [-0.3, -0.25) is 0 Å². The molecule has 0 bridgehead atoms. The van der Waals surface area contributed by atoms with Crippen molar-refractivity contribution in [3.8, 4) is 0 Å². The fourth-order valence-electron chi connectivity index (χ4n) is 3.84. The quantitative estimate of drug-likeness (QED) is 0.418. The molecule has 170 valence electrons. The van der Waals surface area contributed by atoms with Crippen molar-refractivity contribution < 1.29 is 31.8 Å². The van der Waals surface area contributed by atoms with E-state index < -0.39 is 18.0 Å². The first-order chi connectivity index (χ1) is 15.3. The fraction of sp³-hybridized carbons (Fsp3) is 0.360. The number of ether oxygens (including phenoxy) is 3. The van der Waals surface area contributed by atoms with Crippen LogP contribution in [0.25, 0.3) is 10.8 Å². The van der Waals surface area contributed by atoms with Crippen molar-refractivity contribution in [2.24, 2.45) is 0 Å². The first-order valence-corrected chi connectivity index (χ1v) is 10.6. The SMILES string of the molecule is CCOC1COC(c2ccc3c(F)c(CCc4ccc(C(F)(F)F)cc4)ccc3c2)OC1. The van der Waals surface area contributed by atoms with Crippen LogP contribution in [0, 0.1) is 5.82 Å². The Morgan fingerprint density at radius 1 is 0.938 bits per heavy atom. The Kier molecular flexibility index (Phi) is 6.79. The molecule has 1 fully saturated rings. The van der Waals surface area contributed by atoms with Crippen LogP contribution in [0.4, 0.5) is 17.6 Å². The van der Waals surface area contributed by atoms with Gasteiger partial charge < -0.3 is 14.2 Å². The Hall–Kier alpha value is -2.48. The first kappa shape index (κ1) is 22.7. The molecule has 0 aliphatic carbocycles. The second-order valence-corrected chi connectivity index (χ2v) is 7.79. The van der Waals surface area contributed by atoms with Crippen LogP contribution >= 0.6 is 0 Å². The molecule has 0 unspecified atom stereocenters. The van der Waals surface area contributed by atoms with E-state index in [9.17, 15) is 13.2 Å². The molecule has 0 spiro atoms. The number of aryl methyl sites for hydroxylation is 2. The number of fused-ring (bicyclic) bond motifs is 1. The van der Waals surface area contributed by atoms with Gasteiger partial charge in [-0.15, -0.1) is 0 Å². The standard InChI is InChI=1S/C25H24F4O3/c1-2-30-21-14-31-24(32-15-21)19-9-12-22-18(13-19)8-7-17(23(22)26)6-3-16-4-10-20(11-5-16)25(27,28)29/h4-5,7-13,21,24H,2-3,6,14-15H2,1H3. The topological polar surface area (TPSA) is 27.7 Å². The van der Waals surface area contributed by atoms with E-state index >= 15 is 4.39 Å². The lowest BCUT2D eigenvalue weighted by Crippen LogP contribution is -2.33. The number of benzene rings is 3. The van der Waals surface area contributed by atoms with Crippen LogP contribution in [-0.4, -0.2) is 25.9 Å². The summed E-state index contributed by atoms with van der Waals surface area (Å²) in [6, 6.07) is 13.9. The minimum Gasteiger partial charge on any atom is -0.374 e. The number of hydrogen-bond acceptors (Lipinski definition) is 3. The van der Waals surface area contributed by atoms with Crippen molar-refractivity contribution in [3.05, 3.63) is 82.7 Å². The molecule has 0 radical (unpaired) electrons. The average Bonchev–Trinajstić information content (AvgIpc) is 2.79. The van der Waals surface area contributed by atoms with Gasteiger partial charge in [0.2, 0.25) is 0 Å². The van der Waals surface area contributed by atoms with Crippen LogP contribution in [0.1, 0.15) is 35.5 Å². The average molecular weight is 448 g/mol. The molecule has 7 heteroatoms. The van der Waals surface area contributed by atoms with Crippen LogP contribution in [-0.2, 0) is 33.2 Å². The fourth-order valence-corrected chi connectivity index (χ4v) is 3.84. The normalized spacial score (nSPS) is 19.4. The summed E-state index contributed by atoms with van der Waals surface area (Å²) in [4.78, 5) is 0. The summed E-state index contributed by atoms with van der Waals surface area (Å²) in [5, 5.41) is 1.22. The molecule has 1 saturated heterocycles. The van der Waals surface area contributed by atoms with Gasteiger partial charge in [0.15, 0.2) is 6.29 Å². The van der Waals surface area contributed by atoms with E-state index in [1.165, 1.54) is 12.1 Å². The largest absolute Gasteiger partial charge is 0.416 e. The summed E-state index contributed by atoms with van der Waals surface area (Å²) in [6.45, 7) is 3.39. The van der Waals surface area contributed by atoms with Gasteiger partial charge in [-0.05, 0) is 54.5 Å². The molecule has 0 atom stereocenters. The van der Waals surface area contributed by atoms with Crippen molar-refractivity contribution in [1.29, 1.82) is 0 Å². The van der Waals surface area contributed by atoms with Crippen molar-refractivity contribution in [2.45, 2.75) is 38.3 Å². The maximum atomic E-state index is 15.1. The van der Waals surface area contributed by atoms with Gasteiger partial charge in [-0.25, -0.2) is 4.39 Å². The van der Waals surface area contributed by atoms with E-state index in [2.05, 4.69) is 0 Å². The highest BCUT2D eigenvalue weighted by Crippen LogP contribution is 2.31. The van der Waals surface area contributed by atoms with Crippen LogP contribution in [0.3, 0.4) is 0 Å². The molecule has 3 aromatic carbocycles. The third kappa shape index (κ3) is 5.11. The molecule has 32 heavy (non-hydrogen) atoms. The second kappa shape index (κ2) is 9.57. The Morgan fingerprint density at radius 3 is 2.31 bits per heavy atom. The monoisotopic (exact) mass is 448 g/mol. The number of alkyl halides is 3. The van der Waals surface area contributed by atoms with Gasteiger partial charge in [0.1, 0.15) is 11.9 Å². The summed E-state index contributed by atoms with van der Waals surface area (Å²) >= 11 is 0. The third-order valence-electron chi connectivity index (χ3n) is 5.56. The van der Waals surface area contributed by atoms with Crippen LogP contribution in [0.15, 0.2) is 54.6 Å². The van der Waals surface area contributed by atoms with Gasteiger partial charge >= 0.3 is 6.18 Å². The maximum Gasteiger partial charge on any atom is 0.416 e. The summed E-state index contributed by atoms with van der Waals surface area (Å²) in [5.41, 5.74) is 1.37. The highest BCUT2D eigenvalue weighted by atomic mass is 19.4. The van der Waals surface area contributed by atoms with Gasteiger partial charge in [0.25, 0.3) is 0 Å². The lowest BCUT2D eigenvalue weighted by Gasteiger charge is -2.29. The van der Waals surface area contributed by atoms with E-state index in [1.54, 1.807) is 18.2 Å². The Labute approximate surface area is 183 Å². The molecule has 0 amide bonds. The smallest absolute Gasteiger partial charge is 0.374 e. The summed E-state index contributed by atoms with van der Waals surface area (Å²) in [6.07, 6.45) is -4.12. The highest BCUT2D eigenvalue weighted by Gasteiger charge is 2.30. The molecule has 0 aromatic heterocycles. The van der Waals surface area contributed by atoms with E-state index in [-0.39, 0.29) is 11.9 Å². The number of halogens is 4. The van der Waals surface area contributed by atoms with E-state index in [0.717, 1.165) is 28.6 Å². The van der Waals surface area contributed by atoms with E-state index in [0.29, 0.717) is 43.6 Å². The van der Waals surface area contributed by atoms with Crippen molar-refractivity contribution >= 4 is 10.8 Å². The maximum absolute atomic E-state index is 15.1. The van der Waals surface area contributed by atoms with E-state index in [4.69, 9.17) is 14.2 Å². The van der Waals surface area contributed by atoms with Gasteiger partial charge in [-0.2, -0.15) is 13.2 Å². The molecule has 1 heterocycles. The first-order valence-electron chi connectivity index (χ1n) is 10.6. The molecular formula is C25H24F4O3. The van der Waals surface area contributed by atoms with Crippen LogP contribution in [0.2, 0.25) is 0 Å². The highest BCUT2D eigenvalue weighted by molar-refractivity contribution is 5.84. The van der Waals surface area contributed by atoms with Crippen LogP contribution in [0.5, 0.6) is 0 Å². The number of rotatable bonds is 6. The minimum absolute atomic E-state index is 0.0821. The van der Waals surface area contributed by atoms with Gasteiger partial charge in [0, 0.05) is 17.6 Å². The van der Waals surface area contributed by atoms with Gasteiger partial charge in [-0.1, -0.05) is 36.4 Å². The predicted molar refractivity (Wildman–Crippen MR) is 113 cm³/mol. The molecule has 1 aliphatic rings. The molecule has 0 N–H and O–H groups in total. The molecule has 3 nitrogen and oxygen atoms in total. The molecular weight excluding hydrogens is 424 g/mol. The zero-order valence-electron chi connectivity index (χ0n) is 17.6. The summed E-state index contributed by atoms with van der Waals surface area (Å²) in [7, 11) is 0. The molecule has 0 saturated carbocycles. The third-order valence-corrected chi connectivity index (χ3v) is 5.56. The zero-order chi connectivity index (χ0) is 22.7. The minimum atomic E-state index is -4.36. The van der Waals surface area contributed by atoms with E-state index in [1.807, 2.05) is 19.1 Å². The summed E-state index contributed by atoms with van der Waals surface area (Å²) in [5.74, 6) is -0.317. The Bertz CT molecular complexity index is 1060. The molecule has 4 rings (SSSR count). The lowest BCUT2D eigenvalue weighted by molar-refractivity contribution is -0.229. The zero-order valence-corrected chi connectivity index (χ0v) is 17.6. The van der Waals surface area contributed by atoms with Crippen molar-refractivity contribution in [3.63, 3.8) is 0 Å². The predicted octanol–water partition coefficient (Wildman–Crippen LogP) is 6.23.